The lowest BCUT2D eigenvalue weighted by molar-refractivity contribution is -0.736. The lowest BCUT2D eigenvalue weighted by Gasteiger charge is -2.21. The Hall–Kier alpha value is -3.52. The highest BCUT2D eigenvalue weighted by Gasteiger charge is 2.25. The van der Waals surface area contributed by atoms with Gasteiger partial charge in [-0.3, -0.25) is 0 Å². The maximum atomic E-state index is 12.1. The summed E-state index contributed by atoms with van der Waals surface area (Å²) in [5, 5.41) is 6.64. The summed E-state index contributed by atoms with van der Waals surface area (Å²) in [4.78, 5) is 26.3. The minimum absolute atomic E-state index is 0.269. The Morgan fingerprint density at radius 2 is 1.74 bits per heavy atom. The molecule has 1 heterocycles. The van der Waals surface area contributed by atoms with Crippen molar-refractivity contribution in [3.63, 3.8) is 0 Å². The van der Waals surface area contributed by atoms with Crippen molar-refractivity contribution in [1.82, 2.24) is 9.97 Å². The first-order chi connectivity index (χ1) is 16.7. The van der Waals surface area contributed by atoms with E-state index in [9.17, 15) is 4.91 Å². The summed E-state index contributed by atoms with van der Waals surface area (Å²) in [6.07, 6.45) is 7.72. The number of nitrogens with one attached hydrogen (secondary N) is 2. The highest BCUT2D eigenvalue weighted by Crippen LogP contribution is 2.27. The molecule has 8 heteroatoms. The van der Waals surface area contributed by atoms with Gasteiger partial charge in [0.15, 0.2) is 7.11 Å². The minimum Gasteiger partial charge on any atom is -0.364 e. The van der Waals surface area contributed by atoms with Crippen LogP contribution in [0.4, 0.5) is 17.5 Å². The third-order valence-electron chi connectivity index (χ3n) is 6.29. The van der Waals surface area contributed by atoms with E-state index in [-0.39, 0.29) is 5.69 Å². The van der Waals surface area contributed by atoms with E-state index in [0.717, 1.165) is 28.8 Å². The largest absolute Gasteiger partial charge is 0.376 e. The maximum absolute atomic E-state index is 12.1. The van der Waals surface area contributed by atoms with E-state index in [4.69, 9.17) is 10.6 Å². The molecule has 0 atom stereocenters. The van der Waals surface area contributed by atoms with Gasteiger partial charge in [0.2, 0.25) is 11.8 Å². The molecule has 1 aliphatic rings. The van der Waals surface area contributed by atoms with Crippen LogP contribution >= 0.6 is 0 Å². The second-order valence-corrected chi connectivity index (χ2v) is 8.71. The second kappa shape index (κ2) is 11.6. The van der Waals surface area contributed by atoms with Gasteiger partial charge in [0, 0.05) is 19.6 Å². The van der Waals surface area contributed by atoms with Crippen molar-refractivity contribution in [2.45, 2.75) is 45.2 Å². The minimum atomic E-state index is 0.269. The third kappa shape index (κ3) is 6.08. The predicted octanol–water partition coefficient (Wildman–Crippen LogP) is 5.18. The van der Waals surface area contributed by atoms with Crippen LogP contribution in [-0.4, -0.2) is 28.5 Å². The second-order valence-electron chi connectivity index (χ2n) is 8.71. The van der Waals surface area contributed by atoms with Gasteiger partial charge in [-0.25, -0.2) is 9.82 Å². The fourth-order valence-electron chi connectivity index (χ4n) is 4.37. The van der Waals surface area contributed by atoms with Gasteiger partial charge in [-0.05, 0) is 53.1 Å². The van der Waals surface area contributed by atoms with Crippen molar-refractivity contribution >= 4 is 17.5 Å². The predicted molar refractivity (Wildman–Crippen MR) is 134 cm³/mol. The van der Waals surface area contributed by atoms with Crippen molar-refractivity contribution in [3.8, 4) is 11.1 Å². The monoisotopic (exact) mass is 461 g/mol. The molecule has 178 valence electrons. The standard InChI is InChI=1S/C26H33N6O2/c1-34-32(33)24-18-30-26(31-25(24)28-16-19-7-3-2-4-8-19)29-17-21-10-6-12-23(14-21)22-11-5-9-20(13-22)15-27/h5-6,9-14,18-19H,2-4,7-8,15-17,27H2,1H3,(H2,28,29,30,31)/q+1. The first-order valence-electron chi connectivity index (χ1n) is 11.9. The van der Waals surface area contributed by atoms with Crippen molar-refractivity contribution in [3.05, 3.63) is 70.8 Å². The molecule has 1 fully saturated rings. The van der Waals surface area contributed by atoms with Gasteiger partial charge < -0.3 is 16.4 Å². The highest BCUT2D eigenvalue weighted by molar-refractivity contribution is 5.65. The summed E-state index contributed by atoms with van der Waals surface area (Å²) in [6, 6.07) is 16.6. The molecule has 1 aliphatic carbocycles. The van der Waals surface area contributed by atoms with Crippen LogP contribution in [0.5, 0.6) is 0 Å². The van der Waals surface area contributed by atoms with Crippen LogP contribution in [0.1, 0.15) is 43.2 Å². The maximum Gasteiger partial charge on any atom is 0.376 e. The molecule has 4 rings (SSSR count). The first kappa shape index (κ1) is 23.6. The number of rotatable bonds is 10. The highest BCUT2D eigenvalue weighted by atomic mass is 16.8. The number of hydrogen-bond acceptors (Lipinski definition) is 7. The Balaban J connectivity index is 1.46. The Kier molecular flexibility index (Phi) is 8.04. The molecule has 34 heavy (non-hydrogen) atoms. The van der Waals surface area contributed by atoms with Crippen LogP contribution < -0.4 is 16.4 Å². The molecular formula is C26H33N6O2+. The molecule has 2 aromatic carbocycles. The summed E-state index contributed by atoms with van der Waals surface area (Å²) in [5.41, 5.74) is 10.5. The van der Waals surface area contributed by atoms with E-state index in [1.807, 2.05) is 18.2 Å². The summed E-state index contributed by atoms with van der Waals surface area (Å²) in [6.45, 7) is 1.85. The number of nitrogens with zero attached hydrogens (tertiary/aromatic N) is 3. The molecular weight excluding hydrogens is 428 g/mol. The van der Waals surface area contributed by atoms with E-state index < -0.39 is 0 Å². The number of anilines is 2. The van der Waals surface area contributed by atoms with Crippen LogP contribution in [-0.2, 0) is 17.9 Å². The normalized spacial score (nSPS) is 13.9. The summed E-state index contributed by atoms with van der Waals surface area (Å²) in [7, 11) is 1.33. The Labute approximate surface area is 200 Å². The van der Waals surface area contributed by atoms with Crippen molar-refractivity contribution in [1.29, 1.82) is 0 Å². The average molecular weight is 462 g/mol. The molecule has 0 spiro atoms. The fraction of sp³-hybridized carbons (Fsp3) is 0.385. The van der Waals surface area contributed by atoms with Gasteiger partial charge in [0.25, 0.3) is 4.92 Å². The zero-order chi connectivity index (χ0) is 23.8. The average Bonchev–Trinajstić information content (AvgIpc) is 2.91. The van der Waals surface area contributed by atoms with E-state index in [0.29, 0.717) is 35.7 Å². The van der Waals surface area contributed by atoms with Crippen LogP contribution in [0.15, 0.2) is 54.7 Å². The molecule has 0 aliphatic heterocycles. The van der Waals surface area contributed by atoms with Gasteiger partial charge in [0.05, 0.1) is 4.91 Å². The summed E-state index contributed by atoms with van der Waals surface area (Å²) < 4.78 is 0. The zero-order valence-electron chi connectivity index (χ0n) is 19.7. The smallest absolute Gasteiger partial charge is 0.364 e. The topological polar surface area (TPSA) is 105 Å². The lowest BCUT2D eigenvalue weighted by Crippen LogP contribution is -2.19. The van der Waals surface area contributed by atoms with Crippen LogP contribution in [0.3, 0.4) is 0 Å². The molecule has 0 amide bonds. The molecule has 8 nitrogen and oxygen atoms in total. The lowest BCUT2D eigenvalue weighted by atomic mass is 9.89. The quantitative estimate of drug-likeness (QED) is 0.357. The Morgan fingerprint density at radius 1 is 1.03 bits per heavy atom. The molecule has 1 aromatic heterocycles. The SMILES string of the molecule is CO[N+](=O)c1cnc(NCc2cccc(-c3cccc(CN)c3)c2)nc1NCC1CCCCC1. The Morgan fingerprint density at radius 3 is 2.44 bits per heavy atom. The van der Waals surface area contributed by atoms with E-state index in [1.165, 1.54) is 45.4 Å². The summed E-state index contributed by atoms with van der Waals surface area (Å²) in [5.74, 6) is 1.53. The molecule has 3 aromatic rings. The summed E-state index contributed by atoms with van der Waals surface area (Å²) >= 11 is 0. The fourth-order valence-corrected chi connectivity index (χ4v) is 4.37. The molecule has 0 radical (unpaired) electrons. The van der Waals surface area contributed by atoms with E-state index >= 15 is 0 Å². The van der Waals surface area contributed by atoms with Gasteiger partial charge >= 0.3 is 5.69 Å². The van der Waals surface area contributed by atoms with Gasteiger partial charge in [-0.2, -0.15) is 4.98 Å². The van der Waals surface area contributed by atoms with Crippen molar-refractivity contribution < 1.29 is 9.76 Å². The third-order valence-corrected chi connectivity index (χ3v) is 6.29. The van der Waals surface area contributed by atoms with Crippen molar-refractivity contribution in [2.24, 2.45) is 11.7 Å². The van der Waals surface area contributed by atoms with E-state index in [2.05, 4.69) is 50.9 Å². The van der Waals surface area contributed by atoms with Crippen LogP contribution in [0, 0.1) is 10.8 Å². The first-order valence-corrected chi connectivity index (χ1v) is 11.9. The number of benzene rings is 2. The van der Waals surface area contributed by atoms with Gasteiger partial charge in [-0.15, -0.1) is 0 Å². The molecule has 0 unspecified atom stereocenters. The van der Waals surface area contributed by atoms with Gasteiger partial charge in [0.1, 0.15) is 6.20 Å². The molecule has 0 saturated heterocycles. The molecule has 4 N–H and O–H groups in total. The van der Waals surface area contributed by atoms with Gasteiger partial charge in [-0.1, -0.05) is 55.7 Å². The molecule has 1 saturated carbocycles. The number of hydrogen-bond donors (Lipinski definition) is 3. The van der Waals surface area contributed by atoms with E-state index in [1.54, 1.807) is 0 Å². The Bertz CT molecular complexity index is 1110. The van der Waals surface area contributed by atoms with Crippen LogP contribution in [0.2, 0.25) is 0 Å². The number of nitrogens with two attached hydrogens (primary N) is 1. The number of aromatic nitrogens is 2. The zero-order valence-corrected chi connectivity index (χ0v) is 19.7. The van der Waals surface area contributed by atoms with Crippen LogP contribution in [0.25, 0.3) is 11.1 Å². The van der Waals surface area contributed by atoms with Crippen molar-refractivity contribution in [2.75, 3.05) is 24.3 Å². The molecule has 0 bridgehead atoms.